The van der Waals surface area contributed by atoms with Crippen molar-refractivity contribution in [3.63, 3.8) is 0 Å². The Kier molecular flexibility index (Phi) is 3.11. The van der Waals surface area contributed by atoms with Gasteiger partial charge in [0.05, 0.1) is 5.69 Å². The minimum Gasteiger partial charge on any atom is -0.479 e. The van der Waals surface area contributed by atoms with E-state index in [1.54, 1.807) is 37.1 Å². The van der Waals surface area contributed by atoms with Gasteiger partial charge in [-0.15, -0.1) is 0 Å². The monoisotopic (exact) mass is 247 g/mol. The van der Waals surface area contributed by atoms with Crippen molar-refractivity contribution in [3.05, 3.63) is 23.8 Å². The quantitative estimate of drug-likeness (QED) is 0.753. The first kappa shape index (κ1) is 12.6. The third kappa shape index (κ3) is 1.98. The number of Topliss-reactive ketones (excluding diaryl/α,β-unsaturated/α-hetero) is 1. The highest BCUT2D eigenvalue weighted by Gasteiger charge is 2.29. The Labute approximate surface area is 107 Å². The first-order valence-corrected chi connectivity index (χ1v) is 6.04. The molecular formula is C14H17NO3. The average Bonchev–Trinajstić information content (AvgIpc) is 2.35. The van der Waals surface area contributed by atoms with Gasteiger partial charge in [0.2, 0.25) is 0 Å². The van der Waals surface area contributed by atoms with E-state index in [1.807, 2.05) is 13.8 Å². The molecule has 0 bridgehead atoms. The van der Waals surface area contributed by atoms with Crippen LogP contribution < -0.4 is 9.64 Å². The van der Waals surface area contributed by atoms with Gasteiger partial charge in [-0.05, 0) is 25.1 Å². The predicted octanol–water partition coefficient (Wildman–Crippen LogP) is 2.27. The van der Waals surface area contributed by atoms with Gasteiger partial charge in [-0.25, -0.2) is 0 Å². The summed E-state index contributed by atoms with van der Waals surface area (Å²) in [5, 5.41) is 0. The van der Waals surface area contributed by atoms with Crippen LogP contribution in [-0.2, 0) is 4.79 Å². The summed E-state index contributed by atoms with van der Waals surface area (Å²) < 4.78 is 5.51. The summed E-state index contributed by atoms with van der Waals surface area (Å²) in [6, 6.07) is 5.23. The van der Waals surface area contributed by atoms with Crippen molar-refractivity contribution in [2.24, 2.45) is 5.92 Å². The summed E-state index contributed by atoms with van der Waals surface area (Å²) in [5.74, 6) is 0.548. The van der Waals surface area contributed by atoms with Crippen molar-refractivity contribution in [1.29, 1.82) is 0 Å². The number of amides is 1. The SMILES string of the molecule is CC(C)C(=O)c1ccc2c(c1)N(C)C(=O)C(C)O2. The van der Waals surface area contributed by atoms with Gasteiger partial charge in [0, 0.05) is 18.5 Å². The lowest BCUT2D eigenvalue weighted by atomic mass is 10.00. The lowest BCUT2D eigenvalue weighted by Crippen LogP contribution is -2.42. The van der Waals surface area contributed by atoms with E-state index in [9.17, 15) is 9.59 Å². The molecule has 1 atom stereocenters. The Morgan fingerprint density at radius 3 is 2.67 bits per heavy atom. The Hall–Kier alpha value is -1.84. The molecular weight excluding hydrogens is 230 g/mol. The van der Waals surface area contributed by atoms with Gasteiger partial charge in [-0.1, -0.05) is 13.8 Å². The van der Waals surface area contributed by atoms with Gasteiger partial charge in [-0.2, -0.15) is 0 Å². The highest BCUT2D eigenvalue weighted by Crippen LogP contribution is 2.34. The van der Waals surface area contributed by atoms with Gasteiger partial charge in [0.25, 0.3) is 5.91 Å². The number of rotatable bonds is 2. The van der Waals surface area contributed by atoms with Crippen molar-refractivity contribution in [2.45, 2.75) is 26.9 Å². The second kappa shape index (κ2) is 4.44. The van der Waals surface area contributed by atoms with Crippen molar-refractivity contribution in [2.75, 3.05) is 11.9 Å². The molecule has 0 radical (unpaired) electrons. The van der Waals surface area contributed by atoms with Crippen molar-refractivity contribution < 1.29 is 14.3 Å². The van der Waals surface area contributed by atoms with Crippen LogP contribution in [0.15, 0.2) is 18.2 Å². The van der Waals surface area contributed by atoms with E-state index in [2.05, 4.69) is 0 Å². The van der Waals surface area contributed by atoms with E-state index in [-0.39, 0.29) is 17.6 Å². The van der Waals surface area contributed by atoms with E-state index in [1.165, 1.54) is 0 Å². The lowest BCUT2D eigenvalue weighted by Gasteiger charge is -2.30. The molecule has 0 saturated heterocycles. The molecule has 96 valence electrons. The normalized spacial score (nSPS) is 18.6. The van der Waals surface area contributed by atoms with E-state index in [4.69, 9.17) is 4.74 Å². The number of carbonyl (C=O) groups is 2. The fraction of sp³-hybridized carbons (Fsp3) is 0.429. The molecule has 1 amide bonds. The third-order valence-electron chi connectivity index (χ3n) is 3.11. The van der Waals surface area contributed by atoms with E-state index >= 15 is 0 Å². The topological polar surface area (TPSA) is 46.6 Å². The van der Waals surface area contributed by atoms with Crippen LogP contribution in [0, 0.1) is 5.92 Å². The van der Waals surface area contributed by atoms with Gasteiger partial charge in [0.15, 0.2) is 11.9 Å². The molecule has 0 aliphatic carbocycles. The fourth-order valence-corrected chi connectivity index (χ4v) is 2.00. The number of hydrogen-bond acceptors (Lipinski definition) is 3. The fourth-order valence-electron chi connectivity index (χ4n) is 2.00. The summed E-state index contributed by atoms with van der Waals surface area (Å²) in [6.45, 7) is 5.43. The zero-order valence-corrected chi connectivity index (χ0v) is 11.1. The van der Waals surface area contributed by atoms with Gasteiger partial charge in [0.1, 0.15) is 5.75 Å². The minimum atomic E-state index is -0.478. The molecule has 1 aliphatic rings. The summed E-state index contributed by atoms with van der Waals surface area (Å²) in [6.07, 6.45) is -0.478. The predicted molar refractivity (Wildman–Crippen MR) is 69.1 cm³/mol. The number of ether oxygens (including phenoxy) is 1. The van der Waals surface area contributed by atoms with Crippen LogP contribution >= 0.6 is 0 Å². The highest BCUT2D eigenvalue weighted by molar-refractivity contribution is 6.03. The van der Waals surface area contributed by atoms with Gasteiger partial charge in [-0.3, -0.25) is 9.59 Å². The Balaban J connectivity index is 2.44. The maximum Gasteiger partial charge on any atom is 0.267 e. The summed E-state index contributed by atoms with van der Waals surface area (Å²) in [4.78, 5) is 25.3. The smallest absolute Gasteiger partial charge is 0.267 e. The molecule has 0 N–H and O–H groups in total. The standard InChI is InChI=1S/C14H17NO3/c1-8(2)13(16)10-5-6-12-11(7-10)15(4)14(17)9(3)18-12/h5-9H,1-4H3. The number of benzene rings is 1. The average molecular weight is 247 g/mol. The number of fused-ring (bicyclic) bond motifs is 1. The zero-order valence-electron chi connectivity index (χ0n) is 11.1. The second-order valence-electron chi connectivity index (χ2n) is 4.86. The van der Waals surface area contributed by atoms with E-state index in [0.29, 0.717) is 17.0 Å². The van der Waals surface area contributed by atoms with Crippen LogP contribution in [0.25, 0.3) is 0 Å². The Morgan fingerprint density at radius 2 is 2.06 bits per heavy atom. The second-order valence-corrected chi connectivity index (χ2v) is 4.86. The molecule has 2 rings (SSSR count). The maximum absolute atomic E-state index is 11.9. The van der Waals surface area contributed by atoms with Crippen molar-refractivity contribution in [1.82, 2.24) is 0 Å². The lowest BCUT2D eigenvalue weighted by molar-refractivity contribution is -0.125. The number of nitrogens with zero attached hydrogens (tertiary/aromatic N) is 1. The van der Waals surface area contributed by atoms with Crippen LogP contribution in [0.3, 0.4) is 0 Å². The summed E-state index contributed by atoms with van der Waals surface area (Å²) in [7, 11) is 1.70. The molecule has 1 aromatic carbocycles. The number of hydrogen-bond donors (Lipinski definition) is 0. The molecule has 0 spiro atoms. The molecule has 1 aliphatic heterocycles. The van der Waals surface area contributed by atoms with Crippen LogP contribution in [0.2, 0.25) is 0 Å². The van der Waals surface area contributed by atoms with Crippen molar-refractivity contribution in [3.8, 4) is 5.75 Å². The molecule has 1 aromatic rings. The summed E-state index contributed by atoms with van der Waals surface area (Å²) in [5.41, 5.74) is 1.27. The Morgan fingerprint density at radius 1 is 1.39 bits per heavy atom. The molecule has 18 heavy (non-hydrogen) atoms. The van der Waals surface area contributed by atoms with E-state index in [0.717, 1.165) is 0 Å². The van der Waals surface area contributed by atoms with Crippen LogP contribution in [0.5, 0.6) is 5.75 Å². The van der Waals surface area contributed by atoms with Crippen molar-refractivity contribution >= 4 is 17.4 Å². The largest absolute Gasteiger partial charge is 0.479 e. The molecule has 1 unspecified atom stereocenters. The first-order chi connectivity index (χ1) is 8.41. The zero-order chi connectivity index (χ0) is 13.4. The van der Waals surface area contributed by atoms with Gasteiger partial charge < -0.3 is 9.64 Å². The van der Waals surface area contributed by atoms with Crippen LogP contribution in [0.4, 0.5) is 5.69 Å². The van der Waals surface area contributed by atoms with Gasteiger partial charge >= 0.3 is 0 Å². The Bertz CT molecular complexity index is 508. The number of ketones is 1. The third-order valence-corrected chi connectivity index (χ3v) is 3.11. The van der Waals surface area contributed by atoms with Crippen LogP contribution in [0.1, 0.15) is 31.1 Å². The maximum atomic E-state index is 11.9. The minimum absolute atomic E-state index is 0.0625. The number of carbonyl (C=O) groups excluding carboxylic acids is 2. The van der Waals surface area contributed by atoms with Crippen LogP contribution in [-0.4, -0.2) is 24.8 Å². The highest BCUT2D eigenvalue weighted by atomic mass is 16.5. The molecule has 1 heterocycles. The number of likely N-dealkylation sites (N-methyl/N-ethyl adjacent to an activating group) is 1. The number of anilines is 1. The molecule has 0 aromatic heterocycles. The summed E-state index contributed by atoms with van der Waals surface area (Å²) >= 11 is 0. The first-order valence-electron chi connectivity index (χ1n) is 6.04. The molecule has 0 fully saturated rings. The van der Waals surface area contributed by atoms with E-state index < -0.39 is 6.10 Å². The molecule has 0 saturated carbocycles. The molecule has 4 nitrogen and oxygen atoms in total. The molecule has 4 heteroatoms.